The van der Waals surface area contributed by atoms with Gasteiger partial charge in [0.05, 0.1) is 16.6 Å². The third kappa shape index (κ3) is 4.89. The van der Waals surface area contributed by atoms with Crippen molar-refractivity contribution >= 4 is 49.8 Å². The number of rotatable bonds is 6. The van der Waals surface area contributed by atoms with Crippen LogP contribution in [0.1, 0.15) is 25.0 Å². The molecule has 56 heavy (non-hydrogen) atoms. The van der Waals surface area contributed by atoms with Gasteiger partial charge in [-0.1, -0.05) is 111 Å². The first kappa shape index (κ1) is 32.3. The van der Waals surface area contributed by atoms with Crippen molar-refractivity contribution in [2.45, 2.75) is 19.3 Å². The smallest absolute Gasteiger partial charge is 0.0788 e. The molecule has 0 saturated carbocycles. The Morgan fingerprint density at radius 2 is 1.20 bits per heavy atom. The zero-order valence-corrected chi connectivity index (χ0v) is 31.3. The summed E-state index contributed by atoms with van der Waals surface area (Å²) in [6, 6.07) is 64.1. The molecule has 1 aliphatic carbocycles. The van der Waals surface area contributed by atoms with Gasteiger partial charge in [-0.05, 0) is 112 Å². The lowest BCUT2D eigenvalue weighted by atomic mass is 9.82. The largest absolute Gasteiger partial charge is 0.315 e. The summed E-state index contributed by atoms with van der Waals surface area (Å²) >= 11 is 0. The molecule has 0 fully saturated rings. The molecular weight excluding hydrogens is 681 g/mol. The van der Waals surface area contributed by atoms with E-state index in [9.17, 15) is 0 Å². The van der Waals surface area contributed by atoms with Gasteiger partial charge in [-0.3, -0.25) is 4.98 Å². The van der Waals surface area contributed by atoms with Crippen LogP contribution in [0.25, 0.3) is 66.3 Å². The molecule has 1 aliphatic rings. The summed E-state index contributed by atoms with van der Waals surface area (Å²) in [4.78, 5) is 6.80. The number of pyridine rings is 1. The summed E-state index contributed by atoms with van der Waals surface area (Å²) in [7, 11) is 0. The first-order valence-corrected chi connectivity index (χ1v) is 19.3. The Labute approximate surface area is 326 Å². The minimum Gasteiger partial charge on any atom is -0.315 e. The highest BCUT2D eigenvalue weighted by molar-refractivity contribution is 6.19. The van der Waals surface area contributed by atoms with E-state index in [4.69, 9.17) is 0 Å². The van der Waals surface area contributed by atoms with Crippen molar-refractivity contribution in [2.24, 2.45) is 0 Å². The van der Waals surface area contributed by atoms with Crippen molar-refractivity contribution in [3.63, 3.8) is 0 Å². The van der Waals surface area contributed by atoms with Crippen LogP contribution in [-0.2, 0) is 5.41 Å². The van der Waals surface area contributed by atoms with Crippen LogP contribution in [0.4, 0.5) is 17.1 Å². The zero-order valence-electron chi connectivity index (χ0n) is 31.3. The minimum atomic E-state index is -0.121. The number of fused-ring (bicyclic) bond motifs is 8. The Kier molecular flexibility index (Phi) is 7.17. The van der Waals surface area contributed by atoms with E-state index in [1.165, 1.54) is 55.0 Å². The average molecular weight is 719 g/mol. The first-order valence-electron chi connectivity index (χ1n) is 19.3. The van der Waals surface area contributed by atoms with E-state index in [0.717, 1.165) is 39.6 Å². The third-order valence-electron chi connectivity index (χ3n) is 11.8. The lowest BCUT2D eigenvalue weighted by Crippen LogP contribution is -2.16. The van der Waals surface area contributed by atoms with Gasteiger partial charge < -0.3 is 14.0 Å². The normalized spacial score (nSPS) is 13.0. The van der Waals surface area contributed by atoms with E-state index in [-0.39, 0.29) is 5.41 Å². The summed E-state index contributed by atoms with van der Waals surface area (Å²) in [6.45, 7) is 4.70. The van der Waals surface area contributed by atoms with Crippen molar-refractivity contribution in [3.05, 3.63) is 206 Å². The number of nitrogens with zero attached hydrogens (tertiary/aromatic N) is 4. The number of anilines is 3. The zero-order chi connectivity index (χ0) is 37.4. The molecule has 266 valence electrons. The number of hydrogen-bond donors (Lipinski definition) is 0. The Balaban J connectivity index is 1.16. The van der Waals surface area contributed by atoms with E-state index in [1.54, 1.807) is 0 Å². The van der Waals surface area contributed by atoms with Gasteiger partial charge in [-0.2, -0.15) is 0 Å². The van der Waals surface area contributed by atoms with Gasteiger partial charge in [-0.15, -0.1) is 0 Å². The number of hydrogen-bond acceptors (Lipinski definition) is 2. The molecule has 3 heterocycles. The Bertz CT molecular complexity index is 3080. The molecular formula is C52H38N4. The number of aromatic nitrogens is 3. The predicted molar refractivity (Wildman–Crippen MR) is 233 cm³/mol. The van der Waals surface area contributed by atoms with Crippen LogP contribution in [0.3, 0.4) is 0 Å². The van der Waals surface area contributed by atoms with Crippen molar-refractivity contribution in [1.29, 1.82) is 0 Å². The summed E-state index contributed by atoms with van der Waals surface area (Å²) in [5.74, 6) is 0. The summed E-state index contributed by atoms with van der Waals surface area (Å²) in [6.07, 6.45) is 5.94. The predicted octanol–water partition coefficient (Wildman–Crippen LogP) is 13.6. The molecule has 7 aromatic carbocycles. The third-order valence-corrected chi connectivity index (χ3v) is 11.8. The molecule has 11 rings (SSSR count). The Morgan fingerprint density at radius 1 is 0.500 bits per heavy atom. The van der Waals surface area contributed by atoms with E-state index >= 15 is 0 Å². The van der Waals surface area contributed by atoms with Crippen molar-refractivity contribution < 1.29 is 0 Å². The Morgan fingerprint density at radius 3 is 1.98 bits per heavy atom. The molecule has 0 atom stereocenters. The molecule has 0 N–H and O–H groups in total. The maximum Gasteiger partial charge on any atom is 0.0788 e. The van der Waals surface area contributed by atoms with Crippen molar-refractivity contribution in [2.75, 3.05) is 4.90 Å². The fraction of sp³-hybridized carbons (Fsp3) is 0.0577. The van der Waals surface area contributed by atoms with Gasteiger partial charge in [0.1, 0.15) is 0 Å². The number of para-hydroxylation sites is 2. The highest BCUT2D eigenvalue weighted by Crippen LogP contribution is 2.51. The maximum absolute atomic E-state index is 4.38. The van der Waals surface area contributed by atoms with Gasteiger partial charge in [0, 0.05) is 68.6 Å². The molecule has 0 radical (unpaired) electrons. The average Bonchev–Trinajstić information content (AvgIpc) is 3.91. The topological polar surface area (TPSA) is 26.0 Å². The Hall–Kier alpha value is -7.17. The highest BCUT2D eigenvalue weighted by atomic mass is 15.1. The first-order chi connectivity index (χ1) is 27.5. The number of benzene rings is 7. The fourth-order valence-electron chi connectivity index (χ4n) is 9.11. The van der Waals surface area contributed by atoms with E-state index in [0.29, 0.717) is 0 Å². The van der Waals surface area contributed by atoms with Gasteiger partial charge in [-0.25, -0.2) is 0 Å². The van der Waals surface area contributed by atoms with E-state index in [2.05, 4.69) is 209 Å². The highest BCUT2D eigenvalue weighted by Gasteiger charge is 2.35. The van der Waals surface area contributed by atoms with Crippen LogP contribution in [0.2, 0.25) is 0 Å². The minimum absolute atomic E-state index is 0.121. The van der Waals surface area contributed by atoms with Crippen molar-refractivity contribution in [3.8, 4) is 33.6 Å². The SMILES string of the molecule is CC1(C)c2ccccc2-c2ccc(N(c3ccc(-c4cccnc4)cc3)c3ccc4c(c3)c3ccc5ccn(-c6ccccc6)c5c3n4-c3ccccc3)cc21. The molecule has 0 unspecified atom stereocenters. The van der Waals surface area contributed by atoms with Crippen LogP contribution >= 0.6 is 0 Å². The second-order valence-corrected chi connectivity index (χ2v) is 15.3. The van der Waals surface area contributed by atoms with E-state index < -0.39 is 0 Å². The summed E-state index contributed by atoms with van der Waals surface area (Å²) in [5.41, 5.74) is 16.6. The maximum atomic E-state index is 4.38. The van der Waals surface area contributed by atoms with Crippen molar-refractivity contribution in [1.82, 2.24) is 14.1 Å². The van der Waals surface area contributed by atoms with E-state index in [1.807, 2.05) is 18.5 Å². The fourth-order valence-corrected chi connectivity index (χ4v) is 9.11. The monoisotopic (exact) mass is 718 g/mol. The van der Waals surface area contributed by atoms with Gasteiger partial charge in [0.2, 0.25) is 0 Å². The molecule has 0 aliphatic heterocycles. The van der Waals surface area contributed by atoms with Crippen LogP contribution in [0.5, 0.6) is 0 Å². The second-order valence-electron chi connectivity index (χ2n) is 15.3. The summed E-state index contributed by atoms with van der Waals surface area (Å²) < 4.78 is 4.77. The molecule has 10 aromatic rings. The molecule has 4 nitrogen and oxygen atoms in total. The summed E-state index contributed by atoms with van der Waals surface area (Å²) in [5, 5.41) is 3.63. The standard InChI is InChI=1S/C52H38N4/c1-52(2)47-18-10-9-17-43(47)44-27-24-42(33-48(44)52)55(40-22-19-35(20-23-40)37-12-11-30-53-34-37)41-25-28-49-46(32-41)45-26-21-36-29-31-54(38-13-5-3-6-14-38)50(36)51(45)56(49)39-15-7-4-8-16-39/h3-34H,1-2H3. The van der Waals surface area contributed by atoms with Crippen LogP contribution in [-0.4, -0.2) is 14.1 Å². The molecule has 4 heteroatoms. The molecule has 0 bridgehead atoms. The van der Waals surface area contributed by atoms with Crippen LogP contribution in [0.15, 0.2) is 195 Å². The lowest BCUT2D eigenvalue weighted by Gasteiger charge is -2.28. The second kappa shape index (κ2) is 12.4. The van der Waals surface area contributed by atoms with Crippen LogP contribution < -0.4 is 4.90 Å². The van der Waals surface area contributed by atoms with Gasteiger partial charge >= 0.3 is 0 Å². The quantitative estimate of drug-likeness (QED) is 0.171. The van der Waals surface area contributed by atoms with Gasteiger partial charge in [0.25, 0.3) is 0 Å². The molecule has 0 amide bonds. The van der Waals surface area contributed by atoms with Gasteiger partial charge in [0.15, 0.2) is 0 Å². The molecule has 0 saturated heterocycles. The molecule has 0 spiro atoms. The van der Waals surface area contributed by atoms with Crippen LogP contribution in [0, 0.1) is 0 Å². The lowest BCUT2D eigenvalue weighted by molar-refractivity contribution is 0.660. The molecule has 3 aromatic heterocycles.